The van der Waals surface area contributed by atoms with E-state index in [9.17, 15) is 14.7 Å². The molecule has 0 fully saturated rings. The van der Waals surface area contributed by atoms with E-state index in [4.69, 9.17) is 16.0 Å². The number of carbonyl (C=O) groups is 2. The van der Waals surface area contributed by atoms with Crippen molar-refractivity contribution in [2.75, 3.05) is 4.90 Å². The molecule has 31 heavy (non-hydrogen) atoms. The first-order valence-electron chi connectivity index (χ1n) is 9.24. The number of hydrogen-bond acceptors (Lipinski definition) is 7. The van der Waals surface area contributed by atoms with Gasteiger partial charge in [0.15, 0.2) is 17.2 Å². The van der Waals surface area contributed by atoms with Crippen molar-refractivity contribution < 1.29 is 19.1 Å². The third kappa shape index (κ3) is 2.98. The number of hydrogen-bond donors (Lipinski definition) is 2. The van der Waals surface area contributed by atoms with E-state index in [0.29, 0.717) is 27.5 Å². The first-order valence-corrected chi connectivity index (χ1v) is 9.62. The molecule has 1 atom stereocenters. The minimum Gasteiger partial charge on any atom is -0.503 e. The molecule has 0 saturated carbocycles. The standard InChI is InChI=1S/C21H14ClN5O4/c1-10-6-7-14(31-10)17(28)15-16(11-4-2-3-5-12(11)22)27(20(30)18(15)29)21-23-8-13-19(26-21)25-9-24-13/h2-9,16,29H,1H3,(H,23,24,25,26). The summed E-state index contributed by atoms with van der Waals surface area (Å²) in [6.07, 6.45) is 2.92. The number of nitrogens with one attached hydrogen (secondary N) is 1. The van der Waals surface area contributed by atoms with E-state index >= 15 is 0 Å². The van der Waals surface area contributed by atoms with Gasteiger partial charge >= 0.3 is 0 Å². The van der Waals surface area contributed by atoms with Crippen LogP contribution in [0.5, 0.6) is 0 Å². The smallest absolute Gasteiger partial charge is 0.296 e. The molecular weight excluding hydrogens is 422 g/mol. The Bertz CT molecular complexity index is 1390. The molecule has 1 aliphatic heterocycles. The quantitative estimate of drug-likeness (QED) is 0.468. The van der Waals surface area contributed by atoms with E-state index in [1.807, 2.05) is 0 Å². The van der Waals surface area contributed by atoms with Gasteiger partial charge in [-0.2, -0.15) is 4.98 Å². The number of furan rings is 1. The number of rotatable bonds is 4. The average Bonchev–Trinajstić information content (AvgIpc) is 3.46. The molecule has 1 aromatic carbocycles. The summed E-state index contributed by atoms with van der Waals surface area (Å²) in [6.45, 7) is 1.69. The predicted octanol–water partition coefficient (Wildman–Crippen LogP) is 3.69. The largest absolute Gasteiger partial charge is 0.503 e. The van der Waals surface area contributed by atoms with Crippen LogP contribution in [0, 0.1) is 6.92 Å². The fraction of sp³-hybridized carbons (Fsp3) is 0.0952. The van der Waals surface area contributed by atoms with Crippen molar-refractivity contribution in [2.45, 2.75) is 13.0 Å². The van der Waals surface area contributed by atoms with E-state index in [1.165, 1.54) is 18.6 Å². The molecule has 5 rings (SSSR count). The van der Waals surface area contributed by atoms with Crippen molar-refractivity contribution in [2.24, 2.45) is 0 Å². The Hall–Kier alpha value is -3.98. The second-order valence-electron chi connectivity index (χ2n) is 6.91. The van der Waals surface area contributed by atoms with Crippen LogP contribution in [0.3, 0.4) is 0 Å². The number of aliphatic hydroxyl groups is 1. The van der Waals surface area contributed by atoms with Gasteiger partial charge in [0.25, 0.3) is 5.91 Å². The number of fused-ring (bicyclic) bond motifs is 1. The lowest BCUT2D eigenvalue weighted by atomic mass is 9.95. The Morgan fingerprint density at radius 2 is 2.03 bits per heavy atom. The van der Waals surface area contributed by atoms with Crippen LogP contribution in [0.15, 0.2) is 64.7 Å². The van der Waals surface area contributed by atoms with Gasteiger partial charge in [-0.1, -0.05) is 29.8 Å². The molecule has 1 aliphatic rings. The highest BCUT2D eigenvalue weighted by Gasteiger charge is 2.47. The van der Waals surface area contributed by atoms with Crippen LogP contribution < -0.4 is 4.90 Å². The number of imidazole rings is 1. The maximum absolute atomic E-state index is 13.3. The number of aromatic nitrogens is 4. The van der Waals surface area contributed by atoms with Crippen molar-refractivity contribution in [3.63, 3.8) is 0 Å². The van der Waals surface area contributed by atoms with Gasteiger partial charge in [-0.05, 0) is 30.7 Å². The van der Waals surface area contributed by atoms with Crippen LogP contribution in [0.25, 0.3) is 11.2 Å². The second kappa shape index (κ2) is 7.06. The molecule has 1 unspecified atom stereocenters. The van der Waals surface area contributed by atoms with Crippen molar-refractivity contribution in [3.8, 4) is 0 Å². The molecule has 10 heteroatoms. The lowest BCUT2D eigenvalue weighted by Crippen LogP contribution is -2.32. The SMILES string of the molecule is Cc1ccc(C(=O)C2=C(O)C(=O)N(c3ncc4[nH]cnc4n3)C2c2ccccc2Cl)o1. The van der Waals surface area contributed by atoms with Crippen LogP contribution >= 0.6 is 11.6 Å². The number of Topliss-reactive ketones (excluding diaryl/α,β-unsaturated/α-hetero) is 1. The van der Waals surface area contributed by atoms with Gasteiger partial charge in [-0.25, -0.2) is 9.97 Å². The maximum atomic E-state index is 13.3. The van der Waals surface area contributed by atoms with Gasteiger partial charge in [0.2, 0.25) is 11.7 Å². The van der Waals surface area contributed by atoms with Crippen molar-refractivity contribution in [1.29, 1.82) is 0 Å². The van der Waals surface area contributed by atoms with Crippen LogP contribution in [0.4, 0.5) is 5.95 Å². The lowest BCUT2D eigenvalue weighted by molar-refractivity contribution is -0.117. The number of amides is 1. The summed E-state index contributed by atoms with van der Waals surface area (Å²) in [7, 11) is 0. The average molecular weight is 436 g/mol. The molecule has 1 amide bonds. The molecule has 154 valence electrons. The third-order valence-corrected chi connectivity index (χ3v) is 5.34. The Morgan fingerprint density at radius 1 is 1.23 bits per heavy atom. The number of nitrogens with zero attached hydrogens (tertiary/aromatic N) is 4. The molecular formula is C21H14ClN5O4. The minimum atomic E-state index is -1.06. The molecule has 2 N–H and O–H groups in total. The predicted molar refractivity (Wildman–Crippen MR) is 111 cm³/mol. The lowest BCUT2D eigenvalue weighted by Gasteiger charge is -2.25. The maximum Gasteiger partial charge on any atom is 0.296 e. The van der Waals surface area contributed by atoms with Gasteiger partial charge in [0.05, 0.1) is 24.1 Å². The van der Waals surface area contributed by atoms with Gasteiger partial charge < -0.3 is 14.5 Å². The molecule has 3 aromatic heterocycles. The van der Waals surface area contributed by atoms with E-state index < -0.39 is 23.5 Å². The molecule has 0 bridgehead atoms. The van der Waals surface area contributed by atoms with Crippen molar-refractivity contribution in [3.05, 3.63) is 82.4 Å². The number of H-pyrrole nitrogens is 1. The number of halogens is 1. The van der Waals surface area contributed by atoms with Gasteiger partial charge in [0, 0.05) is 5.02 Å². The first kappa shape index (κ1) is 19.0. The number of carbonyl (C=O) groups excluding carboxylic acids is 2. The summed E-state index contributed by atoms with van der Waals surface area (Å²) in [5.74, 6) is -1.69. The van der Waals surface area contributed by atoms with Gasteiger partial charge in [-0.3, -0.25) is 14.5 Å². The van der Waals surface area contributed by atoms with Crippen LogP contribution in [0.1, 0.15) is 27.9 Å². The molecule has 9 nitrogen and oxygen atoms in total. The molecule has 0 aliphatic carbocycles. The molecule has 0 saturated heterocycles. The number of benzene rings is 1. The Kier molecular flexibility index (Phi) is 4.33. The van der Waals surface area contributed by atoms with Gasteiger partial charge in [0.1, 0.15) is 11.3 Å². The molecule has 0 radical (unpaired) electrons. The zero-order valence-corrected chi connectivity index (χ0v) is 16.8. The molecule has 4 heterocycles. The Morgan fingerprint density at radius 3 is 2.77 bits per heavy atom. The third-order valence-electron chi connectivity index (χ3n) is 4.99. The van der Waals surface area contributed by atoms with Crippen LogP contribution in [-0.4, -0.2) is 36.7 Å². The first-order chi connectivity index (χ1) is 15.0. The number of aliphatic hydroxyl groups excluding tert-OH is 1. The molecule has 4 aromatic rings. The fourth-order valence-corrected chi connectivity index (χ4v) is 3.81. The van der Waals surface area contributed by atoms with E-state index in [2.05, 4.69) is 19.9 Å². The topological polar surface area (TPSA) is 125 Å². The Balaban J connectivity index is 1.70. The summed E-state index contributed by atoms with van der Waals surface area (Å²) in [5, 5.41) is 11.0. The summed E-state index contributed by atoms with van der Waals surface area (Å²) in [4.78, 5) is 43.0. The summed E-state index contributed by atoms with van der Waals surface area (Å²) in [5.41, 5.74) is 1.16. The summed E-state index contributed by atoms with van der Waals surface area (Å²) in [6, 6.07) is 8.79. The number of aromatic amines is 1. The van der Waals surface area contributed by atoms with E-state index in [1.54, 1.807) is 37.3 Å². The van der Waals surface area contributed by atoms with Crippen LogP contribution in [-0.2, 0) is 4.79 Å². The number of anilines is 1. The monoisotopic (exact) mass is 435 g/mol. The number of aryl methyl sites for hydroxylation is 1. The van der Waals surface area contributed by atoms with E-state index in [-0.39, 0.29) is 17.3 Å². The minimum absolute atomic E-state index is 0.00516. The highest BCUT2D eigenvalue weighted by Crippen LogP contribution is 2.43. The van der Waals surface area contributed by atoms with Crippen molar-refractivity contribution in [1.82, 2.24) is 19.9 Å². The summed E-state index contributed by atoms with van der Waals surface area (Å²) >= 11 is 6.42. The highest BCUT2D eigenvalue weighted by atomic mass is 35.5. The van der Waals surface area contributed by atoms with E-state index in [0.717, 1.165) is 4.90 Å². The fourth-order valence-electron chi connectivity index (χ4n) is 3.57. The van der Waals surface area contributed by atoms with Gasteiger partial charge in [-0.15, -0.1) is 0 Å². The normalized spacial score (nSPS) is 16.5. The number of ketones is 1. The van der Waals surface area contributed by atoms with Crippen molar-refractivity contribution >= 4 is 40.4 Å². The summed E-state index contributed by atoms with van der Waals surface area (Å²) < 4.78 is 5.44. The zero-order valence-electron chi connectivity index (χ0n) is 16.0. The van der Waals surface area contributed by atoms with Crippen LogP contribution in [0.2, 0.25) is 5.02 Å². The zero-order chi connectivity index (χ0) is 21.7. The second-order valence-corrected chi connectivity index (χ2v) is 7.32. The highest BCUT2D eigenvalue weighted by molar-refractivity contribution is 6.32. The molecule has 0 spiro atoms. The Labute approximate surface area is 180 Å².